The largest absolute Gasteiger partial charge is 0.309 e. The summed E-state index contributed by atoms with van der Waals surface area (Å²) in [6, 6.07) is 74.1. The highest BCUT2D eigenvalue weighted by molar-refractivity contribution is 6.25. The quantitative estimate of drug-likeness (QED) is 0.122. The minimum absolute atomic E-state index is 1.12. The smallest absolute Gasteiger partial charge is 0.0620 e. The second-order valence-electron chi connectivity index (χ2n) is 16.0. The average molecular weight is 815 g/mol. The first-order valence-electron chi connectivity index (χ1n) is 22.5. The van der Waals surface area contributed by atoms with Crippen LogP contribution in [0.25, 0.3) is 64.6 Å². The number of hydrogen-bond acceptors (Lipinski definition) is 2. The number of hydrogen-bond donors (Lipinski definition) is 0. The van der Waals surface area contributed by atoms with E-state index in [-0.39, 0.29) is 0 Å². The van der Waals surface area contributed by atoms with Gasteiger partial charge in [-0.2, -0.15) is 0 Å². The van der Waals surface area contributed by atoms with Crippen LogP contribution in [0.3, 0.4) is 0 Å². The Morgan fingerprint density at radius 1 is 0.270 bits per heavy atom. The van der Waals surface area contributed by atoms with Gasteiger partial charge in [-0.1, -0.05) is 179 Å². The molecule has 0 heterocycles. The molecule has 0 fully saturated rings. The predicted molar refractivity (Wildman–Crippen MR) is 278 cm³/mol. The standard InChI is InChI=1S/C57H42N2.2C2H6/c1-37-26-31-50-51(32-37)57(59(47-30-28-41-15-5-7-19-45(41)36-47)55-25-13-21-43-17-9-11-23-49(43)55)53-34-39(3)38(2)33-52(53)56(50)58(46-29-27-40-14-4-6-18-44(40)35-46)54-24-12-20-42-16-8-10-22-48(42)54;2*1-2/h4-36H,1-3H3;2*1-2H3. The van der Waals surface area contributed by atoms with E-state index in [2.05, 4.69) is 231 Å². The van der Waals surface area contributed by atoms with E-state index in [1.807, 2.05) is 27.7 Å². The minimum Gasteiger partial charge on any atom is -0.309 e. The minimum atomic E-state index is 1.12. The lowest BCUT2D eigenvalue weighted by molar-refractivity contribution is 1.30. The van der Waals surface area contributed by atoms with Crippen molar-refractivity contribution in [2.24, 2.45) is 0 Å². The molecule has 11 aromatic rings. The third-order valence-corrected chi connectivity index (χ3v) is 12.3. The summed E-state index contributed by atoms with van der Waals surface area (Å²) < 4.78 is 0. The molecule has 0 aliphatic heterocycles. The van der Waals surface area contributed by atoms with Crippen molar-refractivity contribution in [3.63, 3.8) is 0 Å². The molecule has 0 aliphatic rings. The van der Waals surface area contributed by atoms with Crippen LogP contribution in [0, 0.1) is 20.8 Å². The second kappa shape index (κ2) is 17.5. The van der Waals surface area contributed by atoms with E-state index in [4.69, 9.17) is 0 Å². The number of aryl methyl sites for hydroxylation is 3. The summed E-state index contributed by atoms with van der Waals surface area (Å²) in [6.45, 7) is 14.7. The molecule has 2 heteroatoms. The summed E-state index contributed by atoms with van der Waals surface area (Å²) in [4.78, 5) is 5.07. The topological polar surface area (TPSA) is 6.48 Å². The maximum absolute atomic E-state index is 2.54. The number of fused-ring (bicyclic) bond motifs is 6. The molecule has 2 nitrogen and oxygen atoms in total. The van der Waals surface area contributed by atoms with Gasteiger partial charge in [-0.05, 0) is 119 Å². The third kappa shape index (κ3) is 7.32. The summed E-state index contributed by atoms with van der Waals surface area (Å²) in [7, 11) is 0. The lowest BCUT2D eigenvalue weighted by atomic mass is 9.91. The molecule has 0 atom stereocenters. The van der Waals surface area contributed by atoms with Crippen LogP contribution in [-0.4, -0.2) is 0 Å². The molecule has 0 aromatic heterocycles. The Balaban J connectivity index is 0.00000123. The van der Waals surface area contributed by atoms with Crippen LogP contribution in [0.2, 0.25) is 0 Å². The molecule has 11 rings (SSSR count). The molecular formula is C61H54N2. The Morgan fingerprint density at radius 3 is 1.13 bits per heavy atom. The van der Waals surface area contributed by atoms with Crippen molar-refractivity contribution in [3.8, 4) is 0 Å². The number of rotatable bonds is 6. The fourth-order valence-corrected chi connectivity index (χ4v) is 9.26. The van der Waals surface area contributed by atoms with Crippen molar-refractivity contribution in [1.29, 1.82) is 0 Å². The number of benzene rings is 11. The summed E-state index contributed by atoms with van der Waals surface area (Å²) in [6.07, 6.45) is 0. The van der Waals surface area contributed by atoms with Gasteiger partial charge in [-0.3, -0.25) is 0 Å². The van der Waals surface area contributed by atoms with Gasteiger partial charge in [0, 0.05) is 43.7 Å². The molecule has 0 saturated heterocycles. The highest BCUT2D eigenvalue weighted by atomic mass is 15.2. The fourth-order valence-electron chi connectivity index (χ4n) is 9.26. The van der Waals surface area contributed by atoms with E-state index in [1.54, 1.807) is 0 Å². The van der Waals surface area contributed by atoms with E-state index in [9.17, 15) is 0 Å². The van der Waals surface area contributed by atoms with Crippen LogP contribution in [0.15, 0.2) is 200 Å². The lowest BCUT2D eigenvalue weighted by Gasteiger charge is -2.34. The average Bonchev–Trinajstić information content (AvgIpc) is 3.34. The molecule has 0 spiro atoms. The van der Waals surface area contributed by atoms with E-state index in [1.165, 1.54) is 92.7 Å². The van der Waals surface area contributed by atoms with Gasteiger partial charge in [-0.15, -0.1) is 0 Å². The molecular weight excluding hydrogens is 761 g/mol. The van der Waals surface area contributed by atoms with Crippen molar-refractivity contribution in [2.45, 2.75) is 48.5 Å². The van der Waals surface area contributed by atoms with Crippen molar-refractivity contribution in [1.82, 2.24) is 0 Å². The molecule has 0 N–H and O–H groups in total. The molecule has 308 valence electrons. The zero-order valence-corrected chi connectivity index (χ0v) is 37.4. The molecule has 0 bridgehead atoms. The maximum atomic E-state index is 2.54. The van der Waals surface area contributed by atoms with Gasteiger partial charge in [0.2, 0.25) is 0 Å². The zero-order chi connectivity index (χ0) is 43.6. The molecule has 0 aliphatic carbocycles. The van der Waals surface area contributed by atoms with Crippen molar-refractivity contribution in [2.75, 3.05) is 9.80 Å². The van der Waals surface area contributed by atoms with Crippen LogP contribution >= 0.6 is 0 Å². The van der Waals surface area contributed by atoms with Crippen molar-refractivity contribution >= 4 is 98.8 Å². The molecule has 0 unspecified atom stereocenters. The Hall–Kier alpha value is -7.42. The predicted octanol–water partition coefficient (Wildman–Crippen LogP) is 18.5. The van der Waals surface area contributed by atoms with Crippen LogP contribution < -0.4 is 9.80 Å². The van der Waals surface area contributed by atoms with Gasteiger partial charge >= 0.3 is 0 Å². The fraction of sp³-hybridized carbons (Fsp3) is 0.115. The Morgan fingerprint density at radius 2 is 0.651 bits per heavy atom. The van der Waals surface area contributed by atoms with Gasteiger partial charge in [0.25, 0.3) is 0 Å². The molecule has 0 amide bonds. The first-order valence-corrected chi connectivity index (χ1v) is 22.5. The highest BCUT2D eigenvalue weighted by Gasteiger charge is 2.28. The highest BCUT2D eigenvalue weighted by Crippen LogP contribution is 2.53. The van der Waals surface area contributed by atoms with Crippen LogP contribution in [0.1, 0.15) is 44.4 Å². The molecule has 63 heavy (non-hydrogen) atoms. The Bertz CT molecular complexity index is 3440. The summed E-state index contributed by atoms with van der Waals surface area (Å²) in [5, 5.41) is 14.5. The van der Waals surface area contributed by atoms with Gasteiger partial charge in [0.15, 0.2) is 0 Å². The monoisotopic (exact) mass is 814 g/mol. The number of nitrogens with zero attached hydrogens (tertiary/aromatic N) is 2. The number of anilines is 6. The van der Waals surface area contributed by atoms with E-state index >= 15 is 0 Å². The van der Waals surface area contributed by atoms with Crippen LogP contribution in [-0.2, 0) is 0 Å². The van der Waals surface area contributed by atoms with Crippen molar-refractivity contribution < 1.29 is 0 Å². The van der Waals surface area contributed by atoms with Gasteiger partial charge in [0.1, 0.15) is 0 Å². The molecule has 11 aromatic carbocycles. The summed E-state index contributed by atoms with van der Waals surface area (Å²) in [5.41, 5.74) is 10.6. The van der Waals surface area contributed by atoms with Crippen LogP contribution in [0.4, 0.5) is 34.1 Å². The van der Waals surface area contributed by atoms with Gasteiger partial charge in [-0.25, -0.2) is 0 Å². The van der Waals surface area contributed by atoms with Crippen LogP contribution in [0.5, 0.6) is 0 Å². The summed E-state index contributed by atoms with van der Waals surface area (Å²) in [5.74, 6) is 0. The van der Waals surface area contributed by atoms with E-state index < -0.39 is 0 Å². The first-order chi connectivity index (χ1) is 31.0. The first kappa shape index (κ1) is 41.0. The SMILES string of the molecule is CC.CC.Cc1ccc2c(N(c3ccc4ccccc4c3)c3cccc4ccccc34)c3cc(C)c(C)cc3c(N(c3ccc4ccccc4c3)c3cccc4ccccc34)c2c1. The van der Waals surface area contributed by atoms with E-state index in [0.29, 0.717) is 0 Å². The molecule has 0 saturated carbocycles. The Labute approximate surface area is 372 Å². The second-order valence-corrected chi connectivity index (χ2v) is 16.0. The van der Waals surface area contributed by atoms with Gasteiger partial charge in [0.05, 0.1) is 22.7 Å². The van der Waals surface area contributed by atoms with Crippen molar-refractivity contribution in [3.05, 3.63) is 217 Å². The zero-order valence-electron chi connectivity index (χ0n) is 37.4. The van der Waals surface area contributed by atoms with Gasteiger partial charge < -0.3 is 9.80 Å². The van der Waals surface area contributed by atoms with E-state index in [0.717, 1.165) is 22.7 Å². The summed E-state index contributed by atoms with van der Waals surface area (Å²) >= 11 is 0. The Kier molecular flexibility index (Phi) is 11.4. The third-order valence-electron chi connectivity index (χ3n) is 12.3. The lowest BCUT2D eigenvalue weighted by Crippen LogP contribution is -2.15. The normalized spacial score (nSPS) is 11.1. The molecule has 0 radical (unpaired) electrons. The maximum Gasteiger partial charge on any atom is 0.0620 e.